The fourth-order valence-corrected chi connectivity index (χ4v) is 6.02. The van der Waals surface area contributed by atoms with E-state index in [1.54, 1.807) is 0 Å². The average molecular weight is 318 g/mol. The molecule has 0 spiro atoms. The van der Waals surface area contributed by atoms with Crippen molar-refractivity contribution in [3.63, 3.8) is 0 Å². The molecule has 0 bridgehead atoms. The molecule has 3 heteroatoms. The number of ether oxygens (including phenoxy) is 1. The number of esters is 1. The predicted octanol–water partition coefficient (Wildman–Crippen LogP) is 4.31. The fraction of sp³-hybridized carbons (Fsp3) is 0.800. The molecule has 0 aromatic carbocycles. The maximum absolute atomic E-state index is 12.5. The molecule has 3 rings (SSSR count). The Morgan fingerprint density at radius 1 is 1.26 bits per heavy atom. The molecule has 5 atom stereocenters. The van der Waals surface area contributed by atoms with Gasteiger partial charge in [0.05, 0.1) is 12.5 Å². The van der Waals surface area contributed by atoms with E-state index in [0.717, 1.165) is 51.2 Å². The number of carbonyl (C=O) groups excluding carboxylic acids is 2. The van der Waals surface area contributed by atoms with E-state index in [-0.39, 0.29) is 22.2 Å². The SMILES string of the molecule is COC(=O)[C@]1(C)CCC[C@@]2(C)C3=CC[C@](C)(C=O)C[C@@H]3CC[C@H]12. The van der Waals surface area contributed by atoms with Gasteiger partial charge in [-0.25, -0.2) is 0 Å². The summed E-state index contributed by atoms with van der Waals surface area (Å²) in [5.74, 6) is 0.834. The first kappa shape index (κ1) is 16.7. The van der Waals surface area contributed by atoms with Crippen LogP contribution in [0, 0.1) is 28.1 Å². The first-order chi connectivity index (χ1) is 10.8. The van der Waals surface area contributed by atoms with Crippen LogP contribution in [0.1, 0.15) is 65.7 Å². The number of hydrogen-bond acceptors (Lipinski definition) is 3. The van der Waals surface area contributed by atoms with Crippen LogP contribution >= 0.6 is 0 Å². The maximum Gasteiger partial charge on any atom is 0.311 e. The Morgan fingerprint density at radius 2 is 2.00 bits per heavy atom. The van der Waals surface area contributed by atoms with Crippen LogP contribution in [0.15, 0.2) is 11.6 Å². The first-order valence-electron chi connectivity index (χ1n) is 9.04. The molecule has 0 N–H and O–H groups in total. The molecule has 0 amide bonds. The zero-order valence-corrected chi connectivity index (χ0v) is 15.0. The molecule has 0 saturated heterocycles. The van der Waals surface area contributed by atoms with Crippen molar-refractivity contribution in [1.82, 2.24) is 0 Å². The van der Waals surface area contributed by atoms with Gasteiger partial charge in [0.2, 0.25) is 0 Å². The normalized spacial score (nSPS) is 46.2. The van der Waals surface area contributed by atoms with Crippen molar-refractivity contribution in [1.29, 1.82) is 0 Å². The molecular weight excluding hydrogens is 288 g/mol. The first-order valence-corrected chi connectivity index (χ1v) is 9.04. The Bertz CT molecular complexity index is 551. The third-order valence-electron chi connectivity index (χ3n) is 7.27. The zero-order valence-electron chi connectivity index (χ0n) is 15.0. The summed E-state index contributed by atoms with van der Waals surface area (Å²) in [6.45, 7) is 6.56. The van der Waals surface area contributed by atoms with Crippen LogP contribution in [0.3, 0.4) is 0 Å². The molecule has 3 aliphatic rings. The van der Waals surface area contributed by atoms with Crippen LogP contribution in [-0.2, 0) is 14.3 Å². The van der Waals surface area contributed by atoms with Crippen LogP contribution in [0.5, 0.6) is 0 Å². The zero-order chi connectivity index (χ0) is 16.9. The van der Waals surface area contributed by atoms with Gasteiger partial charge in [-0.2, -0.15) is 0 Å². The summed E-state index contributed by atoms with van der Waals surface area (Å²) >= 11 is 0. The number of allylic oxidation sites excluding steroid dienone is 2. The van der Waals surface area contributed by atoms with E-state index < -0.39 is 0 Å². The molecule has 23 heavy (non-hydrogen) atoms. The summed E-state index contributed by atoms with van der Waals surface area (Å²) in [6.07, 6.45) is 10.6. The minimum atomic E-state index is -0.362. The summed E-state index contributed by atoms with van der Waals surface area (Å²) in [5.41, 5.74) is 1.06. The second-order valence-electron chi connectivity index (χ2n) is 8.85. The number of carbonyl (C=O) groups is 2. The van der Waals surface area contributed by atoms with E-state index in [4.69, 9.17) is 4.74 Å². The topological polar surface area (TPSA) is 43.4 Å². The van der Waals surface area contributed by atoms with Gasteiger partial charge in [0, 0.05) is 5.41 Å². The summed E-state index contributed by atoms with van der Waals surface area (Å²) in [6, 6.07) is 0. The quantitative estimate of drug-likeness (QED) is 0.433. The van der Waals surface area contributed by atoms with Gasteiger partial charge in [0.25, 0.3) is 0 Å². The van der Waals surface area contributed by atoms with Crippen LogP contribution < -0.4 is 0 Å². The number of rotatable bonds is 2. The van der Waals surface area contributed by atoms with E-state index in [2.05, 4.69) is 26.8 Å². The molecule has 128 valence electrons. The number of methoxy groups -OCH3 is 1. The van der Waals surface area contributed by atoms with Crippen LogP contribution in [0.25, 0.3) is 0 Å². The van der Waals surface area contributed by atoms with Gasteiger partial charge in [0.1, 0.15) is 6.29 Å². The lowest BCUT2D eigenvalue weighted by atomic mass is 9.46. The minimum Gasteiger partial charge on any atom is -0.469 e. The van der Waals surface area contributed by atoms with E-state index in [9.17, 15) is 9.59 Å². The van der Waals surface area contributed by atoms with Crippen molar-refractivity contribution < 1.29 is 14.3 Å². The van der Waals surface area contributed by atoms with Gasteiger partial charge >= 0.3 is 5.97 Å². The highest BCUT2D eigenvalue weighted by Gasteiger charge is 2.58. The Morgan fingerprint density at radius 3 is 2.65 bits per heavy atom. The van der Waals surface area contributed by atoms with Gasteiger partial charge in [0.15, 0.2) is 0 Å². The Labute approximate surface area is 139 Å². The molecule has 0 aliphatic heterocycles. The molecule has 0 radical (unpaired) electrons. The van der Waals surface area contributed by atoms with Gasteiger partial charge in [-0.05, 0) is 62.7 Å². The van der Waals surface area contributed by atoms with Crippen LogP contribution in [0.2, 0.25) is 0 Å². The Hall–Kier alpha value is -1.12. The molecule has 3 aliphatic carbocycles. The van der Waals surface area contributed by atoms with Crippen LogP contribution in [-0.4, -0.2) is 19.4 Å². The van der Waals surface area contributed by atoms with Crippen molar-refractivity contribution in [2.24, 2.45) is 28.1 Å². The molecule has 0 aromatic heterocycles. The molecule has 0 unspecified atom stereocenters. The molecule has 2 fully saturated rings. The average Bonchev–Trinajstić information content (AvgIpc) is 2.53. The molecule has 3 nitrogen and oxygen atoms in total. The van der Waals surface area contributed by atoms with Crippen LogP contribution in [0.4, 0.5) is 0 Å². The summed E-state index contributed by atoms with van der Waals surface area (Å²) < 4.78 is 5.17. The summed E-state index contributed by atoms with van der Waals surface area (Å²) in [5, 5.41) is 0. The van der Waals surface area contributed by atoms with Gasteiger partial charge < -0.3 is 9.53 Å². The second kappa shape index (κ2) is 5.46. The van der Waals surface area contributed by atoms with Crippen molar-refractivity contribution in [3.8, 4) is 0 Å². The van der Waals surface area contributed by atoms with Gasteiger partial charge in [-0.1, -0.05) is 31.9 Å². The highest BCUT2D eigenvalue weighted by atomic mass is 16.5. The lowest BCUT2D eigenvalue weighted by Crippen LogP contribution is -2.53. The Kier molecular flexibility index (Phi) is 3.97. The highest BCUT2D eigenvalue weighted by molar-refractivity contribution is 5.77. The summed E-state index contributed by atoms with van der Waals surface area (Å²) in [7, 11) is 1.51. The van der Waals surface area contributed by atoms with Crippen molar-refractivity contribution >= 4 is 12.3 Å². The number of aldehydes is 1. The van der Waals surface area contributed by atoms with E-state index in [1.165, 1.54) is 12.7 Å². The highest BCUT2D eigenvalue weighted by Crippen LogP contribution is 2.63. The lowest BCUT2D eigenvalue weighted by molar-refractivity contribution is -0.164. The minimum absolute atomic E-state index is 0.0407. The Balaban J connectivity index is 1.98. The van der Waals surface area contributed by atoms with Gasteiger partial charge in [-0.15, -0.1) is 0 Å². The van der Waals surface area contributed by atoms with E-state index >= 15 is 0 Å². The number of fused-ring (bicyclic) bond motifs is 3. The standard InChI is InChI=1S/C20H30O3/c1-18(13-21)11-8-15-14(12-18)6-7-16-19(15,2)9-5-10-20(16,3)17(22)23-4/h8,13-14,16H,5-7,9-12H2,1-4H3/t14-,16-,18-,19-,20+/m0/s1. The fourth-order valence-electron chi connectivity index (χ4n) is 6.02. The second-order valence-corrected chi connectivity index (χ2v) is 8.85. The maximum atomic E-state index is 12.5. The predicted molar refractivity (Wildman–Crippen MR) is 89.8 cm³/mol. The molecular formula is C20H30O3. The van der Waals surface area contributed by atoms with E-state index in [1.807, 2.05) is 0 Å². The smallest absolute Gasteiger partial charge is 0.311 e. The third kappa shape index (κ3) is 2.38. The lowest BCUT2D eigenvalue weighted by Gasteiger charge is -2.58. The molecule has 0 aromatic rings. The van der Waals surface area contributed by atoms with Gasteiger partial charge in [-0.3, -0.25) is 4.79 Å². The number of hydrogen-bond donors (Lipinski definition) is 0. The van der Waals surface area contributed by atoms with Crippen molar-refractivity contribution in [2.75, 3.05) is 7.11 Å². The monoisotopic (exact) mass is 318 g/mol. The third-order valence-corrected chi connectivity index (χ3v) is 7.27. The largest absolute Gasteiger partial charge is 0.469 e. The van der Waals surface area contributed by atoms with Crippen molar-refractivity contribution in [2.45, 2.75) is 65.7 Å². The molecule has 2 saturated carbocycles. The summed E-state index contributed by atoms with van der Waals surface area (Å²) in [4.78, 5) is 24.0. The molecule has 0 heterocycles. The van der Waals surface area contributed by atoms with E-state index in [0.29, 0.717) is 11.8 Å². The van der Waals surface area contributed by atoms with Crippen molar-refractivity contribution in [3.05, 3.63) is 11.6 Å².